The zero-order chi connectivity index (χ0) is 8.43. The van der Waals surface area contributed by atoms with Crippen LogP contribution in [0.3, 0.4) is 0 Å². The summed E-state index contributed by atoms with van der Waals surface area (Å²) in [4.78, 5) is 13.8. The van der Waals surface area contributed by atoms with Gasteiger partial charge in [0.1, 0.15) is 0 Å². The first-order valence-corrected chi connectivity index (χ1v) is 4.29. The molecule has 1 aromatic heterocycles. The van der Waals surface area contributed by atoms with Crippen molar-refractivity contribution in [3.63, 3.8) is 0 Å². The monoisotopic (exact) mass is 215 g/mol. The fourth-order valence-electron chi connectivity index (χ4n) is 1.00. The Morgan fingerprint density at radius 2 is 2.18 bits per heavy atom. The predicted molar refractivity (Wildman–Crippen MR) is 48.9 cm³/mol. The van der Waals surface area contributed by atoms with Crippen molar-refractivity contribution in [3.8, 4) is 0 Å². The topological polar surface area (TPSA) is 32.9 Å². The lowest BCUT2D eigenvalue weighted by Gasteiger charge is -2.04. The summed E-state index contributed by atoms with van der Waals surface area (Å²) < 4.78 is 0.885. The first-order valence-electron chi connectivity index (χ1n) is 3.50. The Morgan fingerprint density at radius 1 is 1.55 bits per heavy atom. The van der Waals surface area contributed by atoms with E-state index in [1.807, 2.05) is 19.9 Å². The Balaban J connectivity index is 3.33. The summed E-state index contributed by atoms with van der Waals surface area (Å²) in [6.45, 7) is 3.99. The van der Waals surface area contributed by atoms with Crippen LogP contribution < -0.4 is 5.56 Å². The molecule has 0 bridgehead atoms. The van der Waals surface area contributed by atoms with Crippen LogP contribution in [0.1, 0.15) is 25.3 Å². The van der Waals surface area contributed by atoms with Crippen molar-refractivity contribution >= 4 is 15.9 Å². The summed E-state index contributed by atoms with van der Waals surface area (Å²) in [6.07, 6.45) is 1.64. The Morgan fingerprint density at radius 3 is 2.55 bits per heavy atom. The first-order chi connectivity index (χ1) is 5.13. The third kappa shape index (κ3) is 1.71. The van der Waals surface area contributed by atoms with E-state index in [1.54, 1.807) is 6.20 Å². The van der Waals surface area contributed by atoms with E-state index in [9.17, 15) is 4.79 Å². The van der Waals surface area contributed by atoms with Gasteiger partial charge in [-0.1, -0.05) is 29.8 Å². The van der Waals surface area contributed by atoms with Crippen LogP contribution in [0.4, 0.5) is 0 Å². The molecule has 0 unspecified atom stereocenters. The lowest BCUT2D eigenvalue weighted by molar-refractivity contribution is 0.837. The van der Waals surface area contributed by atoms with E-state index >= 15 is 0 Å². The van der Waals surface area contributed by atoms with Gasteiger partial charge in [0.05, 0.1) is 0 Å². The van der Waals surface area contributed by atoms with Crippen LogP contribution in [0, 0.1) is 0 Å². The lowest BCUT2D eigenvalue weighted by Crippen LogP contribution is -2.13. The molecule has 0 aliphatic rings. The maximum atomic E-state index is 11.2. The molecule has 1 rings (SSSR count). The molecule has 60 valence electrons. The second-order valence-electron chi connectivity index (χ2n) is 2.72. The minimum absolute atomic E-state index is 0.00521. The van der Waals surface area contributed by atoms with Crippen molar-refractivity contribution in [3.05, 3.63) is 32.7 Å². The number of hydrogen-bond acceptors (Lipinski definition) is 1. The molecule has 0 radical (unpaired) electrons. The molecule has 0 aliphatic heterocycles. The minimum atomic E-state index is -0.00521. The summed E-state index contributed by atoms with van der Waals surface area (Å²) in [5, 5.41) is 0. The molecular formula is C8H10BrNO. The molecule has 0 aromatic carbocycles. The zero-order valence-electron chi connectivity index (χ0n) is 6.52. The summed E-state index contributed by atoms with van der Waals surface area (Å²) in [7, 11) is 0. The van der Waals surface area contributed by atoms with Gasteiger partial charge >= 0.3 is 0 Å². The van der Waals surface area contributed by atoms with Crippen LogP contribution >= 0.6 is 15.9 Å². The van der Waals surface area contributed by atoms with Crippen molar-refractivity contribution in [2.75, 3.05) is 0 Å². The molecule has 1 heterocycles. The Kier molecular flexibility index (Phi) is 2.49. The predicted octanol–water partition coefficient (Wildman–Crippen LogP) is 2.26. The van der Waals surface area contributed by atoms with Gasteiger partial charge in [-0.2, -0.15) is 0 Å². The molecule has 0 aliphatic carbocycles. The molecule has 3 heteroatoms. The van der Waals surface area contributed by atoms with Crippen molar-refractivity contribution in [1.29, 1.82) is 0 Å². The van der Waals surface area contributed by atoms with Gasteiger partial charge in [-0.05, 0) is 12.0 Å². The second-order valence-corrected chi connectivity index (χ2v) is 3.58. The summed E-state index contributed by atoms with van der Waals surface area (Å²) >= 11 is 3.33. The molecule has 11 heavy (non-hydrogen) atoms. The van der Waals surface area contributed by atoms with E-state index in [0.29, 0.717) is 0 Å². The van der Waals surface area contributed by atoms with E-state index in [4.69, 9.17) is 0 Å². The van der Waals surface area contributed by atoms with Crippen LogP contribution in [0.15, 0.2) is 21.5 Å². The van der Waals surface area contributed by atoms with Gasteiger partial charge in [0.2, 0.25) is 0 Å². The standard InChI is InChI=1S/C8H10BrNO/c1-5(2)7-6(9)3-4-10-8(7)11/h3-5H,1-2H3,(H,10,11). The van der Waals surface area contributed by atoms with E-state index < -0.39 is 0 Å². The van der Waals surface area contributed by atoms with Gasteiger partial charge < -0.3 is 4.98 Å². The van der Waals surface area contributed by atoms with E-state index in [2.05, 4.69) is 20.9 Å². The van der Waals surface area contributed by atoms with Crippen molar-refractivity contribution < 1.29 is 0 Å². The summed E-state index contributed by atoms with van der Waals surface area (Å²) in [6, 6.07) is 1.84. The third-order valence-corrected chi connectivity index (χ3v) is 2.21. The largest absolute Gasteiger partial charge is 0.329 e. The smallest absolute Gasteiger partial charge is 0.252 e. The van der Waals surface area contributed by atoms with Crippen molar-refractivity contribution in [2.45, 2.75) is 19.8 Å². The number of halogens is 1. The highest BCUT2D eigenvalue weighted by molar-refractivity contribution is 9.10. The van der Waals surface area contributed by atoms with Gasteiger partial charge in [0, 0.05) is 16.2 Å². The molecule has 0 atom stereocenters. The molecule has 0 amide bonds. The van der Waals surface area contributed by atoms with Crippen LogP contribution in [-0.2, 0) is 0 Å². The van der Waals surface area contributed by atoms with Crippen LogP contribution in [0.5, 0.6) is 0 Å². The summed E-state index contributed by atoms with van der Waals surface area (Å²) in [5.41, 5.74) is 0.807. The molecule has 0 saturated heterocycles. The highest BCUT2D eigenvalue weighted by Crippen LogP contribution is 2.19. The highest BCUT2D eigenvalue weighted by Gasteiger charge is 2.07. The maximum absolute atomic E-state index is 11.2. The maximum Gasteiger partial charge on any atom is 0.252 e. The highest BCUT2D eigenvalue weighted by atomic mass is 79.9. The molecule has 0 saturated carbocycles. The van der Waals surface area contributed by atoms with Crippen LogP contribution in [0.2, 0.25) is 0 Å². The minimum Gasteiger partial charge on any atom is -0.329 e. The van der Waals surface area contributed by atoms with Crippen LogP contribution in [0.25, 0.3) is 0 Å². The Hall–Kier alpha value is -0.570. The Labute approximate surface area is 73.8 Å². The van der Waals surface area contributed by atoms with Gasteiger partial charge in [0.15, 0.2) is 0 Å². The van der Waals surface area contributed by atoms with E-state index in [-0.39, 0.29) is 11.5 Å². The van der Waals surface area contributed by atoms with E-state index in [0.717, 1.165) is 10.0 Å². The molecule has 2 nitrogen and oxygen atoms in total. The molecule has 1 aromatic rings. The van der Waals surface area contributed by atoms with Gasteiger partial charge in [-0.3, -0.25) is 4.79 Å². The lowest BCUT2D eigenvalue weighted by atomic mass is 10.1. The van der Waals surface area contributed by atoms with Crippen LogP contribution in [-0.4, -0.2) is 4.98 Å². The molecule has 0 fully saturated rings. The average Bonchev–Trinajstić information content (AvgIpc) is 1.85. The number of rotatable bonds is 1. The van der Waals surface area contributed by atoms with Gasteiger partial charge in [0.25, 0.3) is 5.56 Å². The Bertz CT molecular complexity index is 303. The number of H-pyrrole nitrogens is 1. The third-order valence-electron chi connectivity index (χ3n) is 1.52. The van der Waals surface area contributed by atoms with Crippen molar-refractivity contribution in [1.82, 2.24) is 4.98 Å². The number of aromatic nitrogens is 1. The molecule has 0 spiro atoms. The quantitative estimate of drug-likeness (QED) is 0.767. The van der Waals surface area contributed by atoms with E-state index in [1.165, 1.54) is 0 Å². The fourth-order valence-corrected chi connectivity index (χ4v) is 1.77. The van der Waals surface area contributed by atoms with Gasteiger partial charge in [-0.15, -0.1) is 0 Å². The van der Waals surface area contributed by atoms with Crippen molar-refractivity contribution in [2.24, 2.45) is 0 Å². The summed E-state index contributed by atoms with van der Waals surface area (Å²) in [5.74, 6) is 0.259. The van der Waals surface area contributed by atoms with Gasteiger partial charge in [-0.25, -0.2) is 0 Å². The number of pyridine rings is 1. The number of nitrogens with one attached hydrogen (secondary N) is 1. The SMILES string of the molecule is CC(C)c1c(Br)cc[nH]c1=O. The normalized spacial score (nSPS) is 10.5. The number of hydrogen-bond donors (Lipinski definition) is 1. The number of aromatic amines is 1. The first kappa shape index (κ1) is 8.53. The molecule has 1 N–H and O–H groups in total. The average molecular weight is 216 g/mol. The zero-order valence-corrected chi connectivity index (χ0v) is 8.10. The second kappa shape index (κ2) is 3.22. The fraction of sp³-hybridized carbons (Fsp3) is 0.375. The molecular weight excluding hydrogens is 206 g/mol.